The Hall–Kier alpha value is -4.45. The minimum atomic E-state index is -0.0263. The van der Waals surface area contributed by atoms with Gasteiger partial charge in [0.25, 0.3) is 0 Å². The van der Waals surface area contributed by atoms with Crippen molar-refractivity contribution in [3.63, 3.8) is 0 Å². The molecule has 0 N–H and O–H groups in total. The Morgan fingerprint density at radius 3 is 2.17 bits per heavy atom. The zero-order chi connectivity index (χ0) is 29.5. The van der Waals surface area contributed by atoms with E-state index in [-0.39, 0.29) is 24.0 Å². The van der Waals surface area contributed by atoms with Crippen LogP contribution in [0.1, 0.15) is 53.6 Å². The molecular weight excluding hydrogens is 522 g/mol. The SMILES string of the molecule is COc1cncc(CC(=O)c2cccc(N(Cc3ccc(-c4ccc(N(C)C)cc4)cc3)C(=O)C3CCCCC3)c2)c1. The number of amides is 1. The number of ketones is 1. The fourth-order valence-corrected chi connectivity index (χ4v) is 5.61. The van der Waals surface area contributed by atoms with Crippen molar-refractivity contribution in [2.45, 2.75) is 45.1 Å². The first kappa shape index (κ1) is 29.1. The number of ether oxygens (including phenoxy) is 1. The number of carbonyl (C=O) groups is 2. The Kier molecular flexibility index (Phi) is 9.32. The topological polar surface area (TPSA) is 62.7 Å². The minimum absolute atomic E-state index is 0.00968. The van der Waals surface area contributed by atoms with E-state index in [2.05, 4.69) is 58.4 Å². The molecule has 1 amide bonds. The second-order valence-corrected chi connectivity index (χ2v) is 11.3. The second-order valence-electron chi connectivity index (χ2n) is 11.3. The summed E-state index contributed by atoms with van der Waals surface area (Å²) in [6, 6.07) is 26.2. The summed E-state index contributed by atoms with van der Waals surface area (Å²) in [5.74, 6) is 0.742. The smallest absolute Gasteiger partial charge is 0.230 e. The summed E-state index contributed by atoms with van der Waals surface area (Å²) in [5, 5.41) is 0. The summed E-state index contributed by atoms with van der Waals surface area (Å²) in [6.07, 6.45) is 8.69. The molecule has 0 saturated heterocycles. The molecule has 5 rings (SSSR count). The van der Waals surface area contributed by atoms with Gasteiger partial charge >= 0.3 is 0 Å². The summed E-state index contributed by atoms with van der Waals surface area (Å²) in [6.45, 7) is 0.451. The third-order valence-electron chi connectivity index (χ3n) is 8.08. The van der Waals surface area contributed by atoms with Crippen LogP contribution in [0, 0.1) is 5.92 Å². The van der Waals surface area contributed by atoms with Crippen LogP contribution >= 0.6 is 0 Å². The van der Waals surface area contributed by atoms with Gasteiger partial charge in [0.15, 0.2) is 5.78 Å². The lowest BCUT2D eigenvalue weighted by molar-refractivity contribution is -0.123. The monoisotopic (exact) mass is 561 g/mol. The lowest BCUT2D eigenvalue weighted by Crippen LogP contribution is -2.36. The fourth-order valence-electron chi connectivity index (χ4n) is 5.61. The summed E-state index contributed by atoms with van der Waals surface area (Å²) in [7, 11) is 5.65. The van der Waals surface area contributed by atoms with Gasteiger partial charge in [-0.2, -0.15) is 0 Å². The fraction of sp³-hybridized carbons (Fsp3) is 0.306. The van der Waals surface area contributed by atoms with Gasteiger partial charge in [-0.05, 0) is 65.4 Å². The van der Waals surface area contributed by atoms with E-state index in [4.69, 9.17) is 4.74 Å². The highest BCUT2D eigenvalue weighted by molar-refractivity contribution is 6.00. The minimum Gasteiger partial charge on any atom is -0.495 e. The van der Waals surface area contributed by atoms with Crippen molar-refractivity contribution in [3.8, 4) is 16.9 Å². The normalized spacial score (nSPS) is 13.4. The first-order valence-electron chi connectivity index (χ1n) is 14.7. The quantitative estimate of drug-likeness (QED) is 0.189. The average Bonchev–Trinajstić information content (AvgIpc) is 3.04. The van der Waals surface area contributed by atoms with Gasteiger partial charge < -0.3 is 14.5 Å². The number of anilines is 2. The number of hydrogen-bond donors (Lipinski definition) is 0. The molecule has 0 bridgehead atoms. The van der Waals surface area contributed by atoms with E-state index in [0.29, 0.717) is 17.9 Å². The maximum absolute atomic E-state index is 13.9. The highest BCUT2D eigenvalue weighted by Gasteiger charge is 2.27. The zero-order valence-electron chi connectivity index (χ0n) is 24.8. The van der Waals surface area contributed by atoms with Gasteiger partial charge in [0, 0.05) is 49.6 Å². The number of hydrogen-bond acceptors (Lipinski definition) is 5. The molecule has 1 saturated carbocycles. The van der Waals surface area contributed by atoms with Gasteiger partial charge in [-0.1, -0.05) is 67.8 Å². The average molecular weight is 562 g/mol. The van der Waals surface area contributed by atoms with Gasteiger partial charge in [0.1, 0.15) is 5.75 Å². The van der Waals surface area contributed by atoms with E-state index < -0.39 is 0 Å². The highest BCUT2D eigenvalue weighted by atomic mass is 16.5. The predicted octanol–water partition coefficient (Wildman–Crippen LogP) is 7.36. The zero-order valence-corrected chi connectivity index (χ0v) is 24.8. The molecular formula is C36H39N3O3. The molecule has 1 fully saturated rings. The molecule has 1 heterocycles. The third-order valence-corrected chi connectivity index (χ3v) is 8.08. The Morgan fingerprint density at radius 2 is 1.50 bits per heavy atom. The predicted molar refractivity (Wildman–Crippen MR) is 169 cm³/mol. The molecule has 1 aromatic heterocycles. The van der Waals surface area contributed by atoms with Crippen LogP contribution in [0.5, 0.6) is 5.75 Å². The molecule has 1 aliphatic carbocycles. The number of pyridine rings is 1. The van der Waals surface area contributed by atoms with E-state index in [1.807, 2.05) is 49.3 Å². The van der Waals surface area contributed by atoms with Crippen LogP contribution in [0.3, 0.4) is 0 Å². The van der Waals surface area contributed by atoms with Gasteiger partial charge in [-0.15, -0.1) is 0 Å². The molecule has 0 unspecified atom stereocenters. The Labute approximate surface area is 249 Å². The number of carbonyl (C=O) groups excluding carboxylic acids is 2. The molecule has 6 nitrogen and oxygen atoms in total. The van der Waals surface area contributed by atoms with Crippen LogP contribution in [0.4, 0.5) is 11.4 Å². The van der Waals surface area contributed by atoms with E-state index >= 15 is 0 Å². The first-order valence-corrected chi connectivity index (χ1v) is 14.7. The molecule has 216 valence electrons. The van der Waals surface area contributed by atoms with Crippen LogP contribution < -0.4 is 14.5 Å². The summed E-state index contributed by atoms with van der Waals surface area (Å²) < 4.78 is 5.26. The van der Waals surface area contributed by atoms with Crippen molar-refractivity contribution in [2.24, 2.45) is 5.92 Å². The van der Waals surface area contributed by atoms with Gasteiger partial charge in [-0.3, -0.25) is 14.6 Å². The number of Topliss-reactive ketones (excluding diaryl/α,β-unsaturated/α-hetero) is 1. The number of benzene rings is 3. The lowest BCUT2D eigenvalue weighted by atomic mass is 9.88. The summed E-state index contributed by atoms with van der Waals surface area (Å²) in [4.78, 5) is 35.3. The largest absolute Gasteiger partial charge is 0.495 e. The number of nitrogens with zero attached hydrogens (tertiary/aromatic N) is 3. The maximum atomic E-state index is 13.9. The van der Waals surface area contributed by atoms with Gasteiger partial charge in [0.2, 0.25) is 5.91 Å². The molecule has 4 aromatic rings. The Balaban J connectivity index is 1.38. The second kappa shape index (κ2) is 13.5. The number of aromatic nitrogens is 1. The van der Waals surface area contributed by atoms with Crippen LogP contribution in [0.2, 0.25) is 0 Å². The van der Waals surface area contributed by atoms with Crippen LogP contribution in [0.15, 0.2) is 91.3 Å². The van der Waals surface area contributed by atoms with Crippen molar-refractivity contribution < 1.29 is 14.3 Å². The van der Waals surface area contributed by atoms with Crippen LogP contribution in [-0.4, -0.2) is 37.9 Å². The van der Waals surface area contributed by atoms with Crippen LogP contribution in [-0.2, 0) is 17.8 Å². The Bertz CT molecular complexity index is 1510. The molecule has 42 heavy (non-hydrogen) atoms. The summed E-state index contributed by atoms with van der Waals surface area (Å²) in [5.41, 5.74) is 6.61. The molecule has 6 heteroatoms. The summed E-state index contributed by atoms with van der Waals surface area (Å²) >= 11 is 0. The highest BCUT2D eigenvalue weighted by Crippen LogP contribution is 2.30. The van der Waals surface area contributed by atoms with E-state index in [0.717, 1.165) is 59.3 Å². The molecule has 1 aliphatic rings. The molecule has 0 aliphatic heterocycles. The van der Waals surface area contributed by atoms with E-state index in [1.54, 1.807) is 19.5 Å². The maximum Gasteiger partial charge on any atom is 0.230 e. The first-order chi connectivity index (χ1) is 20.4. The molecule has 3 aromatic carbocycles. The molecule has 0 radical (unpaired) electrons. The molecule has 0 atom stereocenters. The lowest BCUT2D eigenvalue weighted by Gasteiger charge is -2.30. The van der Waals surface area contributed by atoms with Crippen molar-refractivity contribution >= 4 is 23.1 Å². The van der Waals surface area contributed by atoms with E-state index in [1.165, 1.54) is 6.42 Å². The van der Waals surface area contributed by atoms with Crippen molar-refractivity contribution in [1.29, 1.82) is 0 Å². The Morgan fingerprint density at radius 1 is 0.810 bits per heavy atom. The van der Waals surface area contributed by atoms with E-state index in [9.17, 15) is 9.59 Å². The van der Waals surface area contributed by atoms with Crippen LogP contribution in [0.25, 0.3) is 11.1 Å². The number of rotatable bonds is 10. The standard InChI is InChI=1S/C36H39N3O3/c1-38(2)32-18-16-29(17-19-32)28-14-12-26(13-15-28)25-39(36(41)30-8-5-4-6-9-30)33-11-7-10-31(22-33)35(40)21-27-20-34(42-3)24-37-23-27/h7,10-20,22-24,30H,4-6,8-9,21,25H2,1-3H3. The van der Waals surface area contributed by atoms with Crippen molar-refractivity contribution in [2.75, 3.05) is 31.0 Å². The van der Waals surface area contributed by atoms with Crippen molar-refractivity contribution in [3.05, 3.63) is 108 Å². The van der Waals surface area contributed by atoms with Gasteiger partial charge in [0.05, 0.1) is 19.9 Å². The molecule has 0 spiro atoms. The van der Waals surface area contributed by atoms with Crippen molar-refractivity contribution in [1.82, 2.24) is 4.98 Å². The number of methoxy groups -OCH3 is 1. The van der Waals surface area contributed by atoms with Gasteiger partial charge in [-0.25, -0.2) is 0 Å². The third kappa shape index (κ3) is 7.06.